The molecule has 8 heteroatoms. The highest BCUT2D eigenvalue weighted by atomic mass is 19.4. The minimum Gasteiger partial charge on any atom is -0.481 e. The Hall–Kier alpha value is -2.09. The fourth-order valence-corrected chi connectivity index (χ4v) is 2.24. The lowest BCUT2D eigenvalue weighted by atomic mass is 9.86. The van der Waals surface area contributed by atoms with Crippen LogP contribution in [-0.2, 0) is 20.5 Å². The minimum absolute atomic E-state index is 0.395. The Bertz CT molecular complexity index is 608. The number of ether oxygens (including phenoxy) is 1. The first-order valence-electron chi connectivity index (χ1n) is 7.19. The molecule has 1 rings (SSSR count). The van der Waals surface area contributed by atoms with Crippen molar-refractivity contribution in [2.24, 2.45) is 5.73 Å². The summed E-state index contributed by atoms with van der Waals surface area (Å²) in [6, 6.07) is 3.08. The number of benzene rings is 1. The summed E-state index contributed by atoms with van der Waals surface area (Å²) >= 11 is 0. The molecule has 1 aromatic rings. The van der Waals surface area contributed by atoms with Gasteiger partial charge in [0.2, 0.25) is 0 Å². The molecule has 0 amide bonds. The topological polar surface area (TPSA) is 89.6 Å². The molecule has 0 aliphatic carbocycles. The van der Waals surface area contributed by atoms with E-state index in [-0.39, 0.29) is 0 Å². The van der Waals surface area contributed by atoms with Gasteiger partial charge in [0.15, 0.2) is 0 Å². The number of nitrogens with two attached hydrogens (primary N) is 1. The first-order valence-corrected chi connectivity index (χ1v) is 7.19. The standard InChI is InChI=1S/C16H20F3NO4/c1-15(2,3)24-14(23)13(11(20)8-12(21)22)9-6-4-5-7-10(9)16(17,18)19/h4-7,11,13H,8,20H2,1-3H3,(H,21,22)/t11-,13?/m1/s1. The lowest BCUT2D eigenvalue weighted by Gasteiger charge is -2.28. The summed E-state index contributed by atoms with van der Waals surface area (Å²) in [5, 5.41) is 8.87. The van der Waals surface area contributed by atoms with Crippen LogP contribution in [0.1, 0.15) is 44.2 Å². The van der Waals surface area contributed by atoms with Gasteiger partial charge in [0.25, 0.3) is 0 Å². The van der Waals surface area contributed by atoms with Gasteiger partial charge in [-0.25, -0.2) is 0 Å². The molecule has 0 fully saturated rings. The Kier molecular flexibility index (Phi) is 5.99. The van der Waals surface area contributed by atoms with Gasteiger partial charge in [0.05, 0.1) is 17.9 Å². The number of hydrogen-bond acceptors (Lipinski definition) is 4. The van der Waals surface area contributed by atoms with Gasteiger partial charge in [0.1, 0.15) is 5.60 Å². The number of carbonyl (C=O) groups is 2. The highest BCUT2D eigenvalue weighted by molar-refractivity contribution is 5.81. The van der Waals surface area contributed by atoms with E-state index in [4.69, 9.17) is 15.6 Å². The van der Waals surface area contributed by atoms with Crippen LogP contribution in [0.15, 0.2) is 24.3 Å². The summed E-state index contributed by atoms with van der Waals surface area (Å²) in [7, 11) is 0. The number of carboxylic acids is 1. The summed E-state index contributed by atoms with van der Waals surface area (Å²) in [5.74, 6) is -3.85. The fraction of sp³-hybridized carbons (Fsp3) is 0.500. The SMILES string of the molecule is CC(C)(C)OC(=O)C(c1ccccc1C(F)(F)F)[C@H](N)CC(=O)O. The van der Waals surface area contributed by atoms with Crippen molar-refractivity contribution in [3.8, 4) is 0 Å². The van der Waals surface area contributed by atoms with Crippen LogP contribution in [0.3, 0.4) is 0 Å². The van der Waals surface area contributed by atoms with Crippen LogP contribution < -0.4 is 5.73 Å². The Balaban J connectivity index is 3.38. The molecule has 0 saturated carbocycles. The Morgan fingerprint density at radius 2 is 1.75 bits per heavy atom. The largest absolute Gasteiger partial charge is 0.481 e. The number of carbonyl (C=O) groups excluding carboxylic acids is 1. The molecule has 0 aromatic heterocycles. The lowest BCUT2D eigenvalue weighted by Crippen LogP contribution is -2.40. The fourth-order valence-electron chi connectivity index (χ4n) is 2.24. The van der Waals surface area contributed by atoms with Crippen molar-refractivity contribution < 1.29 is 32.6 Å². The molecule has 3 N–H and O–H groups in total. The molecule has 0 heterocycles. The molecule has 5 nitrogen and oxygen atoms in total. The number of carboxylic acid groups (broad SMARTS) is 1. The van der Waals surface area contributed by atoms with Gasteiger partial charge in [-0.3, -0.25) is 9.59 Å². The summed E-state index contributed by atoms with van der Waals surface area (Å²) in [6.45, 7) is 4.67. The number of rotatable bonds is 5. The molecule has 24 heavy (non-hydrogen) atoms. The van der Waals surface area contributed by atoms with Crippen LogP contribution in [0.2, 0.25) is 0 Å². The summed E-state index contributed by atoms with van der Waals surface area (Å²) in [4.78, 5) is 23.3. The molecule has 134 valence electrons. The van der Waals surface area contributed by atoms with Crippen molar-refractivity contribution in [3.05, 3.63) is 35.4 Å². The molecule has 0 spiro atoms. The van der Waals surface area contributed by atoms with E-state index < -0.39 is 53.2 Å². The summed E-state index contributed by atoms with van der Waals surface area (Å²) in [5.41, 5.74) is 3.35. The van der Waals surface area contributed by atoms with Gasteiger partial charge in [-0.1, -0.05) is 18.2 Å². The van der Waals surface area contributed by atoms with Crippen molar-refractivity contribution in [1.82, 2.24) is 0 Å². The van der Waals surface area contributed by atoms with Crippen LogP contribution in [0.25, 0.3) is 0 Å². The number of aliphatic carboxylic acids is 1. The molecular weight excluding hydrogens is 327 g/mol. The van der Waals surface area contributed by atoms with E-state index in [1.54, 1.807) is 20.8 Å². The Morgan fingerprint density at radius 1 is 1.21 bits per heavy atom. The van der Waals surface area contributed by atoms with Crippen LogP contribution in [-0.4, -0.2) is 28.7 Å². The van der Waals surface area contributed by atoms with E-state index in [0.717, 1.165) is 12.1 Å². The zero-order valence-corrected chi connectivity index (χ0v) is 13.6. The van der Waals surface area contributed by atoms with E-state index in [9.17, 15) is 22.8 Å². The third kappa shape index (κ3) is 5.52. The third-order valence-corrected chi connectivity index (χ3v) is 3.10. The molecule has 1 unspecified atom stereocenters. The number of alkyl halides is 3. The predicted octanol–water partition coefficient (Wildman–Crippen LogP) is 2.93. The zero-order valence-electron chi connectivity index (χ0n) is 13.6. The van der Waals surface area contributed by atoms with E-state index in [2.05, 4.69) is 0 Å². The van der Waals surface area contributed by atoms with E-state index >= 15 is 0 Å². The van der Waals surface area contributed by atoms with Crippen LogP contribution >= 0.6 is 0 Å². The summed E-state index contributed by atoms with van der Waals surface area (Å²) in [6.07, 6.45) is -5.38. The summed E-state index contributed by atoms with van der Waals surface area (Å²) < 4.78 is 44.8. The van der Waals surface area contributed by atoms with Crippen LogP contribution in [0.4, 0.5) is 13.2 Å². The van der Waals surface area contributed by atoms with Crippen LogP contribution in [0, 0.1) is 0 Å². The molecule has 0 radical (unpaired) electrons. The normalized spacial score (nSPS) is 14.8. The van der Waals surface area contributed by atoms with Gasteiger partial charge in [-0.2, -0.15) is 13.2 Å². The first-order chi connectivity index (χ1) is 10.8. The van der Waals surface area contributed by atoms with Crippen molar-refractivity contribution in [1.29, 1.82) is 0 Å². The van der Waals surface area contributed by atoms with Crippen molar-refractivity contribution in [2.45, 2.75) is 50.9 Å². The number of halogens is 3. The lowest BCUT2D eigenvalue weighted by molar-refractivity contribution is -0.158. The predicted molar refractivity (Wildman–Crippen MR) is 80.3 cm³/mol. The average Bonchev–Trinajstić information content (AvgIpc) is 2.35. The minimum atomic E-state index is -4.71. The highest BCUT2D eigenvalue weighted by Crippen LogP contribution is 2.37. The number of esters is 1. The molecule has 0 aliphatic heterocycles. The molecule has 0 aliphatic rings. The van der Waals surface area contributed by atoms with E-state index in [1.807, 2.05) is 0 Å². The maximum absolute atomic E-state index is 13.2. The maximum Gasteiger partial charge on any atom is 0.416 e. The van der Waals surface area contributed by atoms with Crippen molar-refractivity contribution in [3.63, 3.8) is 0 Å². The van der Waals surface area contributed by atoms with E-state index in [0.29, 0.717) is 0 Å². The number of hydrogen-bond donors (Lipinski definition) is 2. The highest BCUT2D eigenvalue weighted by Gasteiger charge is 2.40. The van der Waals surface area contributed by atoms with E-state index in [1.165, 1.54) is 12.1 Å². The quantitative estimate of drug-likeness (QED) is 0.800. The second-order valence-corrected chi connectivity index (χ2v) is 6.36. The van der Waals surface area contributed by atoms with Gasteiger partial charge in [0, 0.05) is 6.04 Å². The van der Waals surface area contributed by atoms with Crippen molar-refractivity contribution in [2.75, 3.05) is 0 Å². The van der Waals surface area contributed by atoms with Gasteiger partial charge >= 0.3 is 18.1 Å². The average molecular weight is 347 g/mol. The van der Waals surface area contributed by atoms with Crippen LogP contribution in [0.5, 0.6) is 0 Å². The maximum atomic E-state index is 13.2. The molecule has 0 bridgehead atoms. The smallest absolute Gasteiger partial charge is 0.416 e. The van der Waals surface area contributed by atoms with Gasteiger partial charge in [-0.05, 0) is 32.4 Å². The first kappa shape index (κ1) is 20.0. The van der Waals surface area contributed by atoms with Crippen molar-refractivity contribution >= 4 is 11.9 Å². The second kappa shape index (κ2) is 7.21. The Labute approximate surface area is 137 Å². The third-order valence-electron chi connectivity index (χ3n) is 3.10. The van der Waals surface area contributed by atoms with Gasteiger partial charge in [-0.15, -0.1) is 0 Å². The molecule has 0 saturated heterocycles. The van der Waals surface area contributed by atoms with Gasteiger partial charge < -0.3 is 15.6 Å². The Morgan fingerprint density at radius 3 is 2.21 bits per heavy atom. The molecular formula is C16H20F3NO4. The second-order valence-electron chi connectivity index (χ2n) is 6.36. The molecule has 2 atom stereocenters. The molecule has 1 aromatic carbocycles. The monoisotopic (exact) mass is 347 g/mol. The zero-order chi connectivity index (χ0) is 18.7.